The summed E-state index contributed by atoms with van der Waals surface area (Å²) in [6, 6.07) is 8.42. The second-order valence-corrected chi connectivity index (χ2v) is 10.7. The van der Waals surface area contributed by atoms with Crippen molar-refractivity contribution < 1.29 is 28.1 Å². The third-order valence-electron chi connectivity index (χ3n) is 5.31. The molecule has 1 heterocycles. The van der Waals surface area contributed by atoms with Crippen molar-refractivity contribution in [2.75, 3.05) is 37.2 Å². The van der Waals surface area contributed by atoms with E-state index in [1.165, 1.54) is 26.5 Å². The van der Waals surface area contributed by atoms with Gasteiger partial charge >= 0.3 is 11.9 Å². The summed E-state index contributed by atoms with van der Waals surface area (Å²) in [5, 5.41) is 0. The maximum Gasteiger partial charge on any atom is 0.305 e. The SMILES string of the molecule is COC(=O)CCCCS(=O)(CCCCC(=O)OC)=NC(=O)c1cnc(N)c(C#Cc2ccc(N)cc2)c1. The van der Waals surface area contributed by atoms with Crippen molar-refractivity contribution in [1.29, 1.82) is 0 Å². The van der Waals surface area contributed by atoms with E-state index in [0.717, 1.165) is 0 Å². The Labute approximate surface area is 217 Å². The zero-order chi connectivity index (χ0) is 27.3. The summed E-state index contributed by atoms with van der Waals surface area (Å²) >= 11 is 0. The van der Waals surface area contributed by atoms with Crippen LogP contribution in [0.25, 0.3) is 0 Å². The number of carbonyl (C=O) groups is 3. The van der Waals surface area contributed by atoms with Gasteiger partial charge < -0.3 is 20.9 Å². The lowest BCUT2D eigenvalue weighted by Crippen LogP contribution is -2.15. The molecular formula is C26H32N4O6S. The number of nitrogens with zero attached hydrogens (tertiary/aromatic N) is 2. The lowest BCUT2D eigenvalue weighted by Gasteiger charge is -2.10. The van der Waals surface area contributed by atoms with Gasteiger partial charge in [0, 0.05) is 41.8 Å². The summed E-state index contributed by atoms with van der Waals surface area (Å²) in [5.41, 5.74) is 13.4. The van der Waals surface area contributed by atoms with Gasteiger partial charge in [-0.25, -0.2) is 9.19 Å². The third-order valence-corrected chi connectivity index (χ3v) is 7.66. The first-order valence-electron chi connectivity index (χ1n) is 11.7. The molecule has 10 nitrogen and oxygen atoms in total. The number of nitrogen functional groups attached to an aromatic ring is 2. The summed E-state index contributed by atoms with van der Waals surface area (Å²) in [4.78, 5) is 39.8. The maximum atomic E-state index is 13.6. The van der Waals surface area contributed by atoms with Gasteiger partial charge in [-0.05, 0) is 56.0 Å². The molecule has 2 rings (SSSR count). The van der Waals surface area contributed by atoms with Crippen molar-refractivity contribution in [3.05, 3.63) is 53.2 Å². The maximum absolute atomic E-state index is 13.6. The van der Waals surface area contributed by atoms with Crippen LogP contribution >= 0.6 is 0 Å². The molecule has 4 N–H and O–H groups in total. The van der Waals surface area contributed by atoms with E-state index in [-0.39, 0.29) is 47.7 Å². The zero-order valence-corrected chi connectivity index (χ0v) is 21.8. The Hall–Kier alpha value is -3.91. The highest BCUT2D eigenvalue weighted by atomic mass is 32.2. The highest BCUT2D eigenvalue weighted by molar-refractivity contribution is 7.93. The van der Waals surface area contributed by atoms with Crippen LogP contribution in [0.5, 0.6) is 0 Å². The highest BCUT2D eigenvalue weighted by Crippen LogP contribution is 2.15. The molecule has 0 bridgehead atoms. The Balaban J connectivity index is 2.23. The molecule has 0 atom stereocenters. The van der Waals surface area contributed by atoms with Crippen molar-refractivity contribution in [3.63, 3.8) is 0 Å². The van der Waals surface area contributed by atoms with Gasteiger partial charge in [-0.1, -0.05) is 11.8 Å². The largest absolute Gasteiger partial charge is 0.469 e. The number of amides is 1. The molecule has 0 spiro atoms. The summed E-state index contributed by atoms with van der Waals surface area (Å²) in [6.45, 7) is 0. The normalized spacial score (nSPS) is 10.6. The number of nitrogens with two attached hydrogens (primary N) is 2. The standard InChI is InChI=1S/C26H32N4O6S/c1-35-23(31)7-3-5-15-37(34,16-6-4-8-24(32)36-2)30-26(33)21-17-20(25(28)29-18-21)12-9-19-10-13-22(27)14-11-19/h10-11,13-14,17-18H,3-8,15-16,27H2,1-2H3,(H2,28,29). The van der Waals surface area contributed by atoms with E-state index in [9.17, 15) is 18.6 Å². The van der Waals surface area contributed by atoms with Crippen LogP contribution in [0.3, 0.4) is 0 Å². The average Bonchev–Trinajstić information content (AvgIpc) is 2.89. The minimum atomic E-state index is -2.96. The van der Waals surface area contributed by atoms with Gasteiger partial charge in [-0.3, -0.25) is 14.4 Å². The van der Waals surface area contributed by atoms with E-state index in [4.69, 9.17) is 11.5 Å². The predicted molar refractivity (Wildman–Crippen MR) is 142 cm³/mol. The summed E-state index contributed by atoms with van der Waals surface area (Å²) < 4.78 is 26.9. The average molecular weight is 529 g/mol. The summed E-state index contributed by atoms with van der Waals surface area (Å²) in [6.07, 6.45) is 3.36. The lowest BCUT2D eigenvalue weighted by atomic mass is 10.1. The van der Waals surface area contributed by atoms with Crippen molar-refractivity contribution >= 4 is 39.1 Å². The van der Waals surface area contributed by atoms with Crippen LogP contribution in [-0.4, -0.2) is 52.8 Å². The van der Waals surface area contributed by atoms with E-state index in [2.05, 4.69) is 30.7 Å². The minimum absolute atomic E-state index is 0.104. The Morgan fingerprint density at radius 3 is 2.03 bits per heavy atom. The van der Waals surface area contributed by atoms with Crippen LogP contribution in [0.2, 0.25) is 0 Å². The topological polar surface area (TPSA) is 164 Å². The number of pyridine rings is 1. The van der Waals surface area contributed by atoms with E-state index in [1.807, 2.05) is 0 Å². The minimum Gasteiger partial charge on any atom is -0.469 e. The van der Waals surface area contributed by atoms with Crippen LogP contribution in [0, 0.1) is 11.8 Å². The number of methoxy groups -OCH3 is 2. The van der Waals surface area contributed by atoms with Crippen LogP contribution in [0.15, 0.2) is 40.9 Å². The number of hydrogen-bond donors (Lipinski definition) is 2. The number of anilines is 2. The predicted octanol–water partition coefficient (Wildman–Crippen LogP) is 2.94. The smallest absolute Gasteiger partial charge is 0.305 e. The number of rotatable bonds is 11. The number of ether oxygens (including phenoxy) is 2. The number of benzene rings is 1. The first-order chi connectivity index (χ1) is 17.7. The Bertz CT molecular complexity index is 1260. The van der Waals surface area contributed by atoms with Gasteiger partial charge in [-0.15, -0.1) is 0 Å². The van der Waals surface area contributed by atoms with Gasteiger partial charge in [0.05, 0.1) is 35.1 Å². The number of hydrogen-bond acceptors (Lipinski definition) is 9. The third kappa shape index (κ3) is 10.3. The van der Waals surface area contributed by atoms with Crippen LogP contribution in [-0.2, 0) is 28.8 Å². The van der Waals surface area contributed by atoms with E-state index in [1.54, 1.807) is 24.3 Å². The number of aromatic nitrogens is 1. The molecule has 198 valence electrons. The molecule has 0 radical (unpaired) electrons. The fourth-order valence-corrected chi connectivity index (χ4v) is 5.30. The molecule has 37 heavy (non-hydrogen) atoms. The fraction of sp³-hybridized carbons (Fsp3) is 0.385. The second-order valence-electron chi connectivity index (χ2n) is 8.17. The monoisotopic (exact) mass is 528 g/mol. The Morgan fingerprint density at radius 2 is 1.49 bits per heavy atom. The van der Waals surface area contributed by atoms with Crippen molar-refractivity contribution in [3.8, 4) is 11.8 Å². The molecule has 2 aromatic rings. The number of esters is 2. The van der Waals surface area contributed by atoms with Gasteiger partial charge in [-0.2, -0.15) is 4.36 Å². The van der Waals surface area contributed by atoms with Gasteiger partial charge in [0.15, 0.2) is 0 Å². The molecule has 0 unspecified atom stereocenters. The molecule has 0 aliphatic heterocycles. The second kappa shape index (κ2) is 14.6. The number of unbranched alkanes of at least 4 members (excludes halogenated alkanes) is 2. The van der Waals surface area contributed by atoms with Crippen LogP contribution < -0.4 is 11.5 Å². The molecule has 0 aliphatic rings. The number of carbonyl (C=O) groups excluding carboxylic acids is 3. The van der Waals surface area contributed by atoms with Crippen molar-refractivity contribution in [2.45, 2.75) is 38.5 Å². The van der Waals surface area contributed by atoms with E-state index in [0.29, 0.717) is 42.5 Å². The summed E-state index contributed by atoms with van der Waals surface area (Å²) in [5.74, 6) is 4.80. The highest BCUT2D eigenvalue weighted by Gasteiger charge is 2.16. The molecule has 0 saturated carbocycles. The van der Waals surface area contributed by atoms with E-state index < -0.39 is 15.6 Å². The molecule has 0 aliphatic carbocycles. The molecule has 1 aromatic heterocycles. The van der Waals surface area contributed by atoms with Crippen molar-refractivity contribution in [1.82, 2.24) is 4.98 Å². The Kier molecular flexibility index (Phi) is 11.6. The zero-order valence-electron chi connectivity index (χ0n) is 21.0. The van der Waals surface area contributed by atoms with E-state index >= 15 is 0 Å². The first kappa shape index (κ1) is 29.3. The fourth-order valence-electron chi connectivity index (χ4n) is 3.19. The van der Waals surface area contributed by atoms with Crippen LogP contribution in [0.4, 0.5) is 11.5 Å². The van der Waals surface area contributed by atoms with Gasteiger partial charge in [0.25, 0.3) is 5.91 Å². The molecule has 1 aromatic carbocycles. The summed E-state index contributed by atoms with van der Waals surface area (Å²) in [7, 11) is -0.361. The molecule has 1 amide bonds. The van der Waals surface area contributed by atoms with Gasteiger partial charge in [0.1, 0.15) is 5.82 Å². The quantitative estimate of drug-likeness (QED) is 0.193. The van der Waals surface area contributed by atoms with Crippen LogP contribution in [0.1, 0.15) is 60.0 Å². The van der Waals surface area contributed by atoms with Crippen molar-refractivity contribution in [2.24, 2.45) is 4.36 Å². The molecule has 11 heteroatoms. The molecule has 0 saturated heterocycles. The lowest BCUT2D eigenvalue weighted by molar-refractivity contribution is -0.141. The van der Waals surface area contributed by atoms with Gasteiger partial charge in [0.2, 0.25) is 0 Å². The molecular weight excluding hydrogens is 496 g/mol. The Morgan fingerprint density at radius 1 is 0.919 bits per heavy atom. The first-order valence-corrected chi connectivity index (χ1v) is 13.5. The molecule has 0 fully saturated rings.